The van der Waals surface area contributed by atoms with Crippen LogP contribution in [-0.2, 0) is 0 Å². The quantitative estimate of drug-likeness (QED) is 0.164. The number of allylic oxidation sites excluding steroid dienone is 8. The molecular weight excluding hydrogens is 721 g/mol. The molecule has 2 aliphatic rings. The monoisotopic (exact) mass is 754 g/mol. The Morgan fingerprint density at radius 2 is 1.00 bits per heavy atom. The molecule has 0 fully saturated rings. The minimum Gasteiger partial charge on any atom is -0.455 e. The molecule has 0 radical (unpaired) electrons. The summed E-state index contributed by atoms with van der Waals surface area (Å²) in [4.78, 5) is 0. The second-order valence-electron chi connectivity index (χ2n) is 15.8. The lowest BCUT2D eigenvalue weighted by molar-refractivity contribution is 0.673. The van der Waals surface area contributed by atoms with Crippen LogP contribution < -0.4 is 0 Å². The number of hydrogen-bond acceptors (Lipinski definition) is 2. The van der Waals surface area contributed by atoms with E-state index in [4.69, 9.17) is 4.42 Å². The highest BCUT2D eigenvalue weighted by Crippen LogP contribution is 2.50. The lowest BCUT2D eigenvalue weighted by atomic mass is 9.74. The van der Waals surface area contributed by atoms with Gasteiger partial charge in [0.15, 0.2) is 5.58 Å². The van der Waals surface area contributed by atoms with Gasteiger partial charge in [0.05, 0.1) is 4.70 Å². The molecule has 0 aliphatic heterocycles. The first-order valence-electron chi connectivity index (χ1n) is 20.2. The summed E-state index contributed by atoms with van der Waals surface area (Å²) in [5.74, 6) is 0.683. The van der Waals surface area contributed by atoms with E-state index in [-0.39, 0.29) is 0 Å². The molecule has 2 heteroatoms. The zero-order valence-electron chi connectivity index (χ0n) is 31.4. The van der Waals surface area contributed by atoms with Gasteiger partial charge in [0.2, 0.25) is 0 Å². The summed E-state index contributed by atoms with van der Waals surface area (Å²) in [5.41, 5.74) is 9.66. The maximum atomic E-state index is 6.66. The molecule has 2 aromatic heterocycles. The van der Waals surface area contributed by atoms with Crippen LogP contribution >= 0.6 is 11.3 Å². The van der Waals surface area contributed by atoms with E-state index in [0.717, 1.165) is 11.2 Å². The van der Waals surface area contributed by atoms with Gasteiger partial charge in [-0.25, -0.2) is 0 Å². The summed E-state index contributed by atoms with van der Waals surface area (Å²) in [7, 11) is 0. The third-order valence-electron chi connectivity index (χ3n) is 12.8. The number of para-hydroxylation sites is 1. The molecule has 13 rings (SSSR count). The fourth-order valence-corrected chi connectivity index (χ4v) is 11.5. The topological polar surface area (TPSA) is 13.1 Å². The van der Waals surface area contributed by atoms with E-state index in [1.807, 2.05) is 11.3 Å². The predicted octanol–water partition coefficient (Wildman–Crippen LogP) is 16.2. The number of rotatable bonds is 3. The van der Waals surface area contributed by atoms with Gasteiger partial charge in [-0.3, -0.25) is 0 Å². The average molecular weight is 755 g/mol. The van der Waals surface area contributed by atoms with E-state index in [9.17, 15) is 0 Å². The summed E-state index contributed by atoms with van der Waals surface area (Å²) in [6.45, 7) is 0. The van der Waals surface area contributed by atoms with Crippen molar-refractivity contribution >= 4 is 102 Å². The Bertz CT molecular complexity index is 3640. The second-order valence-corrected chi connectivity index (χ2v) is 16.8. The molecule has 0 amide bonds. The van der Waals surface area contributed by atoms with Crippen LogP contribution in [0.5, 0.6) is 0 Å². The van der Waals surface area contributed by atoms with Crippen LogP contribution in [0.3, 0.4) is 0 Å². The number of benzene rings is 9. The molecule has 2 aliphatic carbocycles. The van der Waals surface area contributed by atoms with Gasteiger partial charge >= 0.3 is 0 Å². The molecule has 1 nitrogen and oxygen atoms in total. The van der Waals surface area contributed by atoms with Crippen molar-refractivity contribution in [2.45, 2.75) is 0 Å². The van der Waals surface area contributed by atoms with E-state index in [0.29, 0.717) is 11.8 Å². The van der Waals surface area contributed by atoms with Gasteiger partial charge in [-0.1, -0.05) is 176 Å². The molecule has 2 heterocycles. The summed E-state index contributed by atoms with van der Waals surface area (Å²) in [5, 5.41) is 15.1. The molecule has 58 heavy (non-hydrogen) atoms. The Hall–Kier alpha value is -7.00. The Labute approximate surface area is 338 Å². The van der Waals surface area contributed by atoms with Crippen LogP contribution in [-0.4, -0.2) is 0 Å². The predicted molar refractivity (Wildman–Crippen MR) is 250 cm³/mol. The largest absolute Gasteiger partial charge is 0.455 e. The minimum atomic E-state index is 0.313. The van der Waals surface area contributed by atoms with Gasteiger partial charge in [0, 0.05) is 38.1 Å². The van der Waals surface area contributed by atoms with Gasteiger partial charge in [-0.15, -0.1) is 11.3 Å². The lowest BCUT2D eigenvalue weighted by Gasteiger charge is -2.29. The summed E-state index contributed by atoms with van der Waals surface area (Å²) in [6.07, 6.45) is 16.0. The fraction of sp³-hybridized carbons (Fsp3) is 0.0357. The van der Waals surface area contributed by atoms with Crippen molar-refractivity contribution < 1.29 is 4.42 Å². The number of hydrogen-bond donors (Lipinski definition) is 0. The van der Waals surface area contributed by atoms with Gasteiger partial charge in [0.25, 0.3) is 0 Å². The normalized spacial score (nSPS) is 16.5. The molecular formula is C56H34OS. The third kappa shape index (κ3) is 4.47. The van der Waals surface area contributed by atoms with Crippen LogP contribution in [0.25, 0.3) is 113 Å². The average Bonchev–Trinajstić information content (AvgIpc) is 3.87. The molecule has 0 saturated heterocycles. The minimum absolute atomic E-state index is 0.313. The molecule has 0 bridgehead atoms. The highest BCUT2D eigenvalue weighted by Gasteiger charge is 2.28. The smallest absolute Gasteiger partial charge is 0.153 e. The van der Waals surface area contributed by atoms with Crippen molar-refractivity contribution in [2.24, 2.45) is 11.8 Å². The summed E-state index contributed by atoms with van der Waals surface area (Å²) < 4.78 is 9.14. The van der Waals surface area contributed by atoms with E-state index in [2.05, 4.69) is 194 Å². The molecule has 270 valence electrons. The van der Waals surface area contributed by atoms with Gasteiger partial charge < -0.3 is 4.42 Å². The van der Waals surface area contributed by atoms with Crippen molar-refractivity contribution in [2.75, 3.05) is 0 Å². The van der Waals surface area contributed by atoms with E-state index in [1.165, 1.54) is 107 Å². The standard InChI is InChI=1S/C56H34OS/c1-2-16-35-33(14-1)15-13-26-39(35)51-40-19-5-7-21-42(40)52(43-22-8-6-20-41(43)51)46-30-29-36(37-17-3-4-18-38(37)46)34-28-31-50-48(32-34)54-45-24-10-9-23-44(45)53-47-25-11-12-27-49(47)57-55(53)56(54)58-50/h1-33,35H. The highest BCUT2D eigenvalue weighted by molar-refractivity contribution is 7.26. The number of fused-ring (bicyclic) bond motifs is 14. The first-order valence-corrected chi connectivity index (χ1v) is 21.0. The first kappa shape index (κ1) is 32.1. The Morgan fingerprint density at radius 3 is 1.74 bits per heavy atom. The summed E-state index contributed by atoms with van der Waals surface area (Å²) >= 11 is 1.84. The van der Waals surface area contributed by atoms with Crippen molar-refractivity contribution in [3.63, 3.8) is 0 Å². The van der Waals surface area contributed by atoms with Crippen molar-refractivity contribution in [1.82, 2.24) is 0 Å². The van der Waals surface area contributed by atoms with E-state index < -0.39 is 0 Å². The highest BCUT2D eigenvalue weighted by atomic mass is 32.1. The summed E-state index contributed by atoms with van der Waals surface area (Å²) in [6, 6.07) is 56.2. The molecule has 0 saturated carbocycles. The van der Waals surface area contributed by atoms with Crippen LogP contribution in [0.1, 0.15) is 5.56 Å². The number of furan rings is 1. The molecule has 9 aromatic carbocycles. The molecule has 11 aromatic rings. The maximum Gasteiger partial charge on any atom is 0.153 e. The molecule has 0 spiro atoms. The second kappa shape index (κ2) is 12.2. The zero-order valence-corrected chi connectivity index (χ0v) is 32.3. The zero-order chi connectivity index (χ0) is 37.9. The van der Waals surface area contributed by atoms with Crippen LogP contribution in [0.15, 0.2) is 199 Å². The Balaban J connectivity index is 1.05. The van der Waals surface area contributed by atoms with Crippen LogP contribution in [0, 0.1) is 11.8 Å². The van der Waals surface area contributed by atoms with Crippen LogP contribution in [0.4, 0.5) is 0 Å². The molecule has 2 unspecified atom stereocenters. The fourth-order valence-electron chi connectivity index (χ4n) is 10.4. The van der Waals surface area contributed by atoms with Gasteiger partial charge in [-0.2, -0.15) is 0 Å². The van der Waals surface area contributed by atoms with Gasteiger partial charge in [0.1, 0.15) is 5.58 Å². The van der Waals surface area contributed by atoms with Crippen molar-refractivity contribution in [3.05, 3.63) is 200 Å². The van der Waals surface area contributed by atoms with E-state index >= 15 is 0 Å². The van der Waals surface area contributed by atoms with Crippen LogP contribution in [0.2, 0.25) is 0 Å². The molecule has 0 N–H and O–H groups in total. The van der Waals surface area contributed by atoms with E-state index in [1.54, 1.807) is 0 Å². The van der Waals surface area contributed by atoms with Crippen molar-refractivity contribution in [1.29, 1.82) is 0 Å². The maximum absolute atomic E-state index is 6.66. The Kier molecular flexibility index (Phi) is 6.78. The lowest BCUT2D eigenvalue weighted by Crippen LogP contribution is -2.15. The third-order valence-corrected chi connectivity index (χ3v) is 14.0. The SMILES string of the molecule is C1=CC2C=CC=C(c3c4ccccc4c(-c4ccc(-c5ccc6sc7c8oc9ccccc9c8c8ccccc8c7c6c5)c5ccccc45)c4ccccc34)C2C=C1. The Morgan fingerprint density at radius 1 is 0.431 bits per heavy atom. The first-order chi connectivity index (χ1) is 28.8. The molecule has 2 atom stereocenters. The number of thiophene rings is 1. The van der Waals surface area contributed by atoms with Crippen molar-refractivity contribution in [3.8, 4) is 22.3 Å². The van der Waals surface area contributed by atoms with Gasteiger partial charge in [-0.05, 0) is 94.7 Å².